The number of hydrogen-bond acceptors (Lipinski definition) is 4. The van der Waals surface area contributed by atoms with Crippen molar-refractivity contribution in [2.45, 2.75) is 19.0 Å². The summed E-state index contributed by atoms with van der Waals surface area (Å²) in [7, 11) is 0. The van der Waals surface area contributed by atoms with Crippen LogP contribution in [0.25, 0.3) is 0 Å². The predicted octanol–water partition coefficient (Wildman–Crippen LogP) is 2.52. The zero-order chi connectivity index (χ0) is 14.3. The van der Waals surface area contributed by atoms with E-state index in [0.29, 0.717) is 18.7 Å². The van der Waals surface area contributed by atoms with E-state index in [1.807, 2.05) is 18.4 Å². The van der Waals surface area contributed by atoms with Crippen LogP contribution in [0.1, 0.15) is 11.3 Å². The summed E-state index contributed by atoms with van der Waals surface area (Å²) in [6.07, 6.45) is 2.31. The maximum atomic E-state index is 11.6. The van der Waals surface area contributed by atoms with Gasteiger partial charge in [-0.05, 0) is 46.5 Å². The molecule has 1 aromatic heterocycles. The van der Waals surface area contributed by atoms with E-state index in [2.05, 4.69) is 26.6 Å². The fraction of sp³-hybridized carbons (Fsp3) is 0.455. The molecule has 1 aromatic rings. The first kappa shape index (κ1) is 16.3. The number of carbonyl (C=O) groups excluding carboxylic acids is 1. The van der Waals surface area contributed by atoms with Crippen LogP contribution in [0.2, 0.25) is 0 Å². The largest absolute Gasteiger partial charge is 0.480 e. The number of halogens is 1. The zero-order valence-electron chi connectivity index (χ0n) is 10.3. The minimum absolute atomic E-state index is 0.386. The topological polar surface area (TPSA) is 78.4 Å². The third kappa shape index (κ3) is 6.31. The molecule has 1 heterocycles. The number of hydrogen-bond donors (Lipinski definition) is 3. The van der Waals surface area contributed by atoms with Crippen molar-refractivity contribution in [2.75, 3.05) is 12.0 Å². The van der Waals surface area contributed by atoms with Crippen molar-refractivity contribution >= 4 is 51.0 Å². The number of amides is 2. The monoisotopic (exact) mass is 366 g/mol. The quantitative estimate of drug-likeness (QED) is 0.692. The van der Waals surface area contributed by atoms with E-state index in [1.165, 1.54) is 11.3 Å². The van der Waals surface area contributed by atoms with Crippen LogP contribution in [0, 0.1) is 0 Å². The van der Waals surface area contributed by atoms with Gasteiger partial charge in [0.05, 0.1) is 10.3 Å². The molecule has 0 saturated carbocycles. The Hall–Kier alpha value is -0.730. The van der Waals surface area contributed by atoms with Crippen LogP contribution >= 0.6 is 39.0 Å². The van der Waals surface area contributed by atoms with Gasteiger partial charge >= 0.3 is 12.0 Å². The van der Waals surface area contributed by atoms with Gasteiger partial charge in [-0.2, -0.15) is 11.8 Å². The molecule has 0 radical (unpaired) electrons. The van der Waals surface area contributed by atoms with Crippen LogP contribution in [0.4, 0.5) is 4.79 Å². The first-order chi connectivity index (χ1) is 9.02. The predicted molar refractivity (Wildman–Crippen MR) is 81.8 cm³/mol. The molecule has 0 aliphatic rings. The minimum Gasteiger partial charge on any atom is -0.480 e. The Morgan fingerprint density at radius 2 is 2.26 bits per heavy atom. The Kier molecular flexibility index (Phi) is 7.25. The molecule has 0 bridgehead atoms. The maximum absolute atomic E-state index is 11.6. The second-order valence-corrected chi connectivity index (χ2v) is 7.24. The molecular formula is C11H15BrN2O3S2. The normalized spacial score (nSPS) is 11.9. The summed E-state index contributed by atoms with van der Waals surface area (Å²) in [5.41, 5.74) is 0. The summed E-state index contributed by atoms with van der Waals surface area (Å²) in [6.45, 7) is 0.386. The number of carboxylic acids is 1. The highest BCUT2D eigenvalue weighted by molar-refractivity contribution is 9.11. The molecule has 3 N–H and O–H groups in total. The van der Waals surface area contributed by atoms with Crippen molar-refractivity contribution in [3.63, 3.8) is 0 Å². The highest BCUT2D eigenvalue weighted by Gasteiger charge is 2.19. The van der Waals surface area contributed by atoms with Gasteiger partial charge in [-0.25, -0.2) is 9.59 Å². The fourth-order valence-corrected chi connectivity index (χ4v) is 3.21. The minimum atomic E-state index is -1.01. The van der Waals surface area contributed by atoms with E-state index in [1.54, 1.807) is 11.8 Å². The molecule has 1 atom stereocenters. The average molecular weight is 367 g/mol. The summed E-state index contributed by atoms with van der Waals surface area (Å²) >= 11 is 6.41. The van der Waals surface area contributed by atoms with Crippen LogP contribution in [-0.4, -0.2) is 35.2 Å². The van der Waals surface area contributed by atoms with Gasteiger partial charge in [0.2, 0.25) is 0 Å². The summed E-state index contributed by atoms with van der Waals surface area (Å²) < 4.78 is 0.994. The Morgan fingerprint density at radius 1 is 1.53 bits per heavy atom. The number of nitrogens with one attached hydrogen (secondary N) is 2. The molecular weight excluding hydrogens is 352 g/mol. The average Bonchev–Trinajstić information content (AvgIpc) is 2.77. The fourth-order valence-electron chi connectivity index (χ4n) is 1.32. The maximum Gasteiger partial charge on any atom is 0.326 e. The molecule has 8 heteroatoms. The van der Waals surface area contributed by atoms with Gasteiger partial charge in [-0.1, -0.05) is 0 Å². The number of aliphatic carboxylic acids is 1. The van der Waals surface area contributed by atoms with Gasteiger partial charge < -0.3 is 15.7 Å². The van der Waals surface area contributed by atoms with E-state index in [4.69, 9.17) is 5.11 Å². The van der Waals surface area contributed by atoms with Crippen LogP contribution < -0.4 is 10.6 Å². The zero-order valence-corrected chi connectivity index (χ0v) is 13.5. The van der Waals surface area contributed by atoms with Gasteiger partial charge in [0.15, 0.2) is 0 Å². The molecule has 1 rings (SSSR count). The van der Waals surface area contributed by atoms with E-state index in [0.717, 1.165) is 8.66 Å². The number of thioether (sulfide) groups is 1. The Bertz CT molecular complexity index is 439. The molecule has 5 nitrogen and oxygen atoms in total. The third-order valence-electron chi connectivity index (χ3n) is 2.27. The summed E-state index contributed by atoms with van der Waals surface area (Å²) in [5.74, 6) is -0.321. The van der Waals surface area contributed by atoms with Crippen molar-refractivity contribution < 1.29 is 14.7 Å². The second kappa shape index (κ2) is 8.44. The molecule has 0 aromatic carbocycles. The van der Waals surface area contributed by atoms with Crippen molar-refractivity contribution in [2.24, 2.45) is 0 Å². The Labute approximate surface area is 128 Å². The van der Waals surface area contributed by atoms with Crippen molar-refractivity contribution in [3.8, 4) is 0 Å². The van der Waals surface area contributed by atoms with Crippen LogP contribution in [-0.2, 0) is 11.3 Å². The Balaban J connectivity index is 2.37. The molecule has 19 heavy (non-hydrogen) atoms. The van der Waals surface area contributed by atoms with Crippen LogP contribution in [0.3, 0.4) is 0 Å². The number of rotatable bonds is 7. The second-order valence-electron chi connectivity index (χ2n) is 3.71. The number of urea groups is 1. The smallest absolute Gasteiger partial charge is 0.326 e. The number of thiophene rings is 1. The molecule has 106 valence electrons. The molecule has 0 fully saturated rings. The van der Waals surface area contributed by atoms with E-state index in [-0.39, 0.29) is 0 Å². The number of carbonyl (C=O) groups is 2. The van der Waals surface area contributed by atoms with Gasteiger partial charge in [0, 0.05) is 4.88 Å². The molecule has 0 aliphatic carbocycles. The van der Waals surface area contributed by atoms with Gasteiger partial charge in [-0.15, -0.1) is 11.3 Å². The molecule has 0 spiro atoms. The summed E-state index contributed by atoms with van der Waals surface area (Å²) in [5, 5.41) is 14.1. The number of carboxylic acid groups (broad SMARTS) is 1. The highest BCUT2D eigenvalue weighted by Crippen LogP contribution is 2.21. The van der Waals surface area contributed by atoms with Gasteiger partial charge in [-0.3, -0.25) is 0 Å². The third-order valence-corrected chi connectivity index (χ3v) is 4.53. The highest BCUT2D eigenvalue weighted by atomic mass is 79.9. The molecule has 0 saturated heterocycles. The van der Waals surface area contributed by atoms with Crippen LogP contribution in [0.15, 0.2) is 15.9 Å². The van der Waals surface area contributed by atoms with Crippen molar-refractivity contribution in [1.82, 2.24) is 10.6 Å². The van der Waals surface area contributed by atoms with Crippen LogP contribution in [0.5, 0.6) is 0 Å². The van der Waals surface area contributed by atoms with E-state index >= 15 is 0 Å². The molecule has 2 amide bonds. The summed E-state index contributed by atoms with van der Waals surface area (Å²) in [4.78, 5) is 23.6. The molecule has 0 unspecified atom stereocenters. The lowest BCUT2D eigenvalue weighted by molar-refractivity contribution is -0.139. The van der Waals surface area contributed by atoms with Crippen molar-refractivity contribution in [1.29, 1.82) is 0 Å². The van der Waals surface area contributed by atoms with E-state index in [9.17, 15) is 9.59 Å². The first-order valence-electron chi connectivity index (χ1n) is 5.53. The lowest BCUT2D eigenvalue weighted by atomic mass is 10.2. The standard InChI is InChI=1S/C11H15BrN2O3S2/c1-18-5-4-8(10(15)16)14-11(17)13-6-7-2-3-9(12)19-7/h2-3,8H,4-6H2,1H3,(H,15,16)(H2,13,14,17)/t8-/m0/s1. The Morgan fingerprint density at radius 3 is 2.79 bits per heavy atom. The van der Waals surface area contributed by atoms with Crippen molar-refractivity contribution in [3.05, 3.63) is 20.8 Å². The van der Waals surface area contributed by atoms with Gasteiger partial charge in [0.1, 0.15) is 6.04 Å². The van der Waals surface area contributed by atoms with E-state index < -0.39 is 18.0 Å². The molecule has 0 aliphatic heterocycles. The summed E-state index contributed by atoms with van der Waals surface area (Å²) in [6, 6.07) is 2.50. The SMILES string of the molecule is CSCC[C@H](NC(=O)NCc1ccc(Br)s1)C(=O)O. The van der Waals surface area contributed by atoms with Gasteiger partial charge in [0.25, 0.3) is 0 Å². The lowest BCUT2D eigenvalue weighted by Crippen LogP contribution is -2.46. The lowest BCUT2D eigenvalue weighted by Gasteiger charge is -2.14. The first-order valence-corrected chi connectivity index (χ1v) is 8.53.